The summed E-state index contributed by atoms with van der Waals surface area (Å²) in [6.07, 6.45) is 6.17. The summed E-state index contributed by atoms with van der Waals surface area (Å²) in [4.78, 5) is 38.5. The average molecular weight is 497 g/mol. The Morgan fingerprint density at radius 2 is 1.79 bits per heavy atom. The first-order valence-corrected chi connectivity index (χ1v) is 13.3. The van der Waals surface area contributed by atoms with Gasteiger partial charge in [0.2, 0.25) is 15.9 Å². The number of carbonyl (C=O) groups excluding carboxylic acids is 3. The van der Waals surface area contributed by atoms with Crippen LogP contribution in [0.1, 0.15) is 57.8 Å². The van der Waals surface area contributed by atoms with Gasteiger partial charge in [0.15, 0.2) is 0 Å². The first-order valence-electron chi connectivity index (χ1n) is 11.5. The molecule has 2 N–H and O–H groups in total. The maximum Gasteiger partial charge on any atom is 0.325 e. The van der Waals surface area contributed by atoms with Gasteiger partial charge in [0.05, 0.1) is 5.02 Å². The van der Waals surface area contributed by atoms with Gasteiger partial charge in [-0.05, 0) is 50.3 Å². The fourth-order valence-electron chi connectivity index (χ4n) is 4.84. The largest absolute Gasteiger partial charge is 0.326 e. The molecular formula is C22H29ClN4O5S. The van der Waals surface area contributed by atoms with Gasteiger partial charge in [0.25, 0.3) is 5.91 Å². The molecule has 3 aliphatic rings. The van der Waals surface area contributed by atoms with Gasteiger partial charge in [-0.3, -0.25) is 14.5 Å². The van der Waals surface area contributed by atoms with E-state index < -0.39 is 21.6 Å². The second kappa shape index (κ2) is 9.60. The molecule has 9 nitrogen and oxygen atoms in total. The van der Waals surface area contributed by atoms with Gasteiger partial charge in [-0.1, -0.05) is 30.9 Å². The number of nitrogens with zero attached hydrogens (tertiary/aromatic N) is 2. The van der Waals surface area contributed by atoms with Crippen molar-refractivity contribution in [1.29, 1.82) is 0 Å². The van der Waals surface area contributed by atoms with Crippen LogP contribution in [0.15, 0.2) is 23.1 Å². The molecule has 2 saturated heterocycles. The number of carbonyl (C=O) groups is 3. The third-order valence-electron chi connectivity index (χ3n) is 6.64. The van der Waals surface area contributed by atoms with Crippen LogP contribution in [0.4, 0.5) is 10.5 Å². The van der Waals surface area contributed by atoms with Gasteiger partial charge < -0.3 is 10.6 Å². The lowest BCUT2D eigenvalue weighted by Crippen LogP contribution is -2.44. The van der Waals surface area contributed by atoms with Crippen LogP contribution >= 0.6 is 11.6 Å². The number of nitrogens with one attached hydrogen (secondary N) is 2. The van der Waals surface area contributed by atoms with Crippen molar-refractivity contribution in [2.24, 2.45) is 0 Å². The molecule has 4 rings (SSSR count). The molecule has 2 heterocycles. The zero-order valence-electron chi connectivity index (χ0n) is 18.4. The molecule has 4 amide bonds. The average Bonchev–Trinajstić information content (AvgIpc) is 3.35. The van der Waals surface area contributed by atoms with Crippen LogP contribution in [0.25, 0.3) is 0 Å². The summed E-state index contributed by atoms with van der Waals surface area (Å²) in [5.74, 6) is -0.531. The number of amides is 4. The van der Waals surface area contributed by atoms with E-state index in [9.17, 15) is 22.8 Å². The summed E-state index contributed by atoms with van der Waals surface area (Å²) in [6.45, 7) is 1.08. The summed E-state index contributed by atoms with van der Waals surface area (Å²) in [7, 11) is -3.74. The van der Waals surface area contributed by atoms with E-state index in [0.717, 1.165) is 32.1 Å². The van der Waals surface area contributed by atoms with Crippen molar-refractivity contribution in [3.05, 3.63) is 23.2 Å². The molecular weight excluding hydrogens is 468 g/mol. The molecule has 33 heavy (non-hydrogen) atoms. The maximum absolute atomic E-state index is 13.0. The van der Waals surface area contributed by atoms with Gasteiger partial charge in [-0.25, -0.2) is 13.2 Å². The molecule has 2 aliphatic heterocycles. The lowest BCUT2D eigenvalue weighted by molar-refractivity contribution is -0.131. The van der Waals surface area contributed by atoms with Crippen molar-refractivity contribution in [2.75, 3.05) is 25.0 Å². The first kappa shape index (κ1) is 24.0. The fraction of sp³-hybridized carbons (Fsp3) is 0.591. The Kier molecular flexibility index (Phi) is 6.97. The molecule has 1 spiro atoms. The molecule has 180 valence electrons. The fourth-order valence-corrected chi connectivity index (χ4v) is 6.86. The van der Waals surface area contributed by atoms with E-state index in [4.69, 9.17) is 11.6 Å². The van der Waals surface area contributed by atoms with Gasteiger partial charge in [-0.15, -0.1) is 0 Å². The van der Waals surface area contributed by atoms with Gasteiger partial charge in [0, 0.05) is 31.7 Å². The Bertz CT molecular complexity index is 1050. The van der Waals surface area contributed by atoms with Crippen LogP contribution in [0.3, 0.4) is 0 Å². The number of imide groups is 1. The predicted molar refractivity (Wildman–Crippen MR) is 123 cm³/mol. The van der Waals surface area contributed by atoms with Crippen molar-refractivity contribution in [3.63, 3.8) is 0 Å². The monoisotopic (exact) mass is 496 g/mol. The number of urea groups is 1. The van der Waals surface area contributed by atoms with Crippen LogP contribution in [0.5, 0.6) is 0 Å². The van der Waals surface area contributed by atoms with Crippen LogP contribution in [0.2, 0.25) is 5.02 Å². The summed E-state index contributed by atoms with van der Waals surface area (Å²) in [5, 5.41) is 5.63. The van der Waals surface area contributed by atoms with Crippen LogP contribution in [-0.2, 0) is 19.6 Å². The van der Waals surface area contributed by atoms with Crippen molar-refractivity contribution >= 4 is 45.2 Å². The molecule has 1 aromatic carbocycles. The van der Waals surface area contributed by atoms with Crippen molar-refractivity contribution in [2.45, 2.75) is 68.2 Å². The Labute approximate surface area is 198 Å². The van der Waals surface area contributed by atoms with Crippen molar-refractivity contribution in [3.8, 4) is 0 Å². The van der Waals surface area contributed by atoms with Gasteiger partial charge in [-0.2, -0.15) is 4.31 Å². The number of anilines is 1. The standard InChI is InChI=1S/C22H29ClN4O5S/c23-17-9-8-16(15-18(17)33(31,32)26-12-4-1-5-13-26)24-19(28)7-6-14-27-20(29)22(25-21(27)30)10-2-3-11-22/h8-9,15H,1-7,10-14H2,(H,24,28)(H,25,30). The number of halogens is 1. The number of rotatable bonds is 7. The first-order chi connectivity index (χ1) is 15.7. The van der Waals surface area contributed by atoms with Crippen LogP contribution < -0.4 is 10.6 Å². The summed E-state index contributed by atoms with van der Waals surface area (Å²) < 4.78 is 27.4. The van der Waals surface area contributed by atoms with E-state index >= 15 is 0 Å². The highest BCUT2D eigenvalue weighted by Crippen LogP contribution is 2.35. The number of piperidine rings is 1. The van der Waals surface area contributed by atoms with E-state index in [1.807, 2.05) is 0 Å². The molecule has 1 aromatic rings. The minimum absolute atomic E-state index is 0.0231. The number of sulfonamides is 1. The Morgan fingerprint density at radius 1 is 1.09 bits per heavy atom. The molecule has 0 unspecified atom stereocenters. The SMILES string of the molecule is O=C(CCCN1C(=O)NC2(CCCC2)C1=O)Nc1ccc(Cl)c(S(=O)(=O)N2CCCCC2)c1. The van der Waals surface area contributed by atoms with Crippen LogP contribution in [-0.4, -0.2) is 60.6 Å². The Balaban J connectivity index is 1.34. The van der Waals surface area contributed by atoms with E-state index in [2.05, 4.69) is 10.6 Å². The summed E-state index contributed by atoms with van der Waals surface area (Å²) in [6, 6.07) is 4.00. The smallest absolute Gasteiger partial charge is 0.325 e. The highest BCUT2D eigenvalue weighted by molar-refractivity contribution is 7.89. The zero-order valence-corrected chi connectivity index (χ0v) is 20.0. The molecule has 11 heteroatoms. The maximum atomic E-state index is 13.0. The van der Waals surface area contributed by atoms with E-state index in [-0.39, 0.29) is 34.7 Å². The van der Waals surface area contributed by atoms with Gasteiger partial charge >= 0.3 is 6.03 Å². The van der Waals surface area contributed by atoms with E-state index in [1.165, 1.54) is 21.3 Å². The lowest BCUT2D eigenvalue weighted by Gasteiger charge is -2.26. The molecule has 1 saturated carbocycles. The lowest BCUT2D eigenvalue weighted by atomic mass is 9.98. The molecule has 3 fully saturated rings. The van der Waals surface area contributed by atoms with Crippen molar-refractivity contribution < 1.29 is 22.8 Å². The van der Waals surface area contributed by atoms with Gasteiger partial charge in [0.1, 0.15) is 10.4 Å². The van der Waals surface area contributed by atoms with E-state index in [1.54, 1.807) is 6.07 Å². The Morgan fingerprint density at radius 3 is 2.48 bits per heavy atom. The second-order valence-corrected chi connectivity index (χ2v) is 11.3. The minimum atomic E-state index is -3.74. The molecule has 0 radical (unpaired) electrons. The second-order valence-electron chi connectivity index (χ2n) is 8.94. The highest BCUT2D eigenvalue weighted by Gasteiger charge is 2.52. The van der Waals surface area contributed by atoms with Crippen LogP contribution in [0, 0.1) is 0 Å². The van der Waals surface area contributed by atoms with E-state index in [0.29, 0.717) is 38.0 Å². The third-order valence-corrected chi connectivity index (χ3v) is 9.02. The highest BCUT2D eigenvalue weighted by atomic mass is 35.5. The molecule has 0 aromatic heterocycles. The molecule has 0 bridgehead atoms. The third kappa shape index (κ3) is 4.88. The zero-order chi connectivity index (χ0) is 23.6. The Hall–Kier alpha value is -2.17. The molecule has 0 atom stereocenters. The summed E-state index contributed by atoms with van der Waals surface area (Å²) >= 11 is 6.18. The number of hydrogen-bond donors (Lipinski definition) is 2. The predicted octanol–water partition coefficient (Wildman–Crippen LogP) is 3.10. The van der Waals surface area contributed by atoms with Crippen molar-refractivity contribution in [1.82, 2.24) is 14.5 Å². The quantitative estimate of drug-likeness (QED) is 0.563. The normalized spacial score (nSPS) is 20.9. The topological polar surface area (TPSA) is 116 Å². The minimum Gasteiger partial charge on any atom is -0.326 e. The summed E-state index contributed by atoms with van der Waals surface area (Å²) in [5.41, 5.74) is -0.418. The molecule has 1 aliphatic carbocycles. The number of benzene rings is 1. The number of hydrogen-bond acceptors (Lipinski definition) is 5.